The number of benzene rings is 3. The van der Waals surface area contributed by atoms with Crippen molar-refractivity contribution in [3.05, 3.63) is 71.8 Å². The quantitative estimate of drug-likeness (QED) is 0.487. The highest BCUT2D eigenvalue weighted by Crippen LogP contribution is 2.31. The van der Waals surface area contributed by atoms with E-state index in [0.717, 1.165) is 11.1 Å². The predicted octanol–water partition coefficient (Wildman–Crippen LogP) is 4.14. The maximum absolute atomic E-state index is 12.8. The molecule has 3 aromatic carbocycles. The minimum Gasteiger partial charge on any atom is -0.497 e. The van der Waals surface area contributed by atoms with Crippen LogP contribution in [0.1, 0.15) is 11.1 Å². The van der Waals surface area contributed by atoms with Crippen molar-refractivity contribution in [2.24, 2.45) is 0 Å². The molecule has 0 fully saturated rings. The van der Waals surface area contributed by atoms with E-state index >= 15 is 0 Å². The maximum Gasteiger partial charge on any atom is 0.262 e. The second kappa shape index (κ2) is 10.3. The average molecular weight is 471 g/mol. The highest BCUT2D eigenvalue weighted by molar-refractivity contribution is 7.92. The van der Waals surface area contributed by atoms with Crippen molar-refractivity contribution in [1.82, 2.24) is 0 Å². The molecule has 174 valence electrons. The Hall–Kier alpha value is -3.72. The van der Waals surface area contributed by atoms with Crippen LogP contribution in [-0.4, -0.2) is 35.2 Å². The number of hydrogen-bond donors (Lipinski definition) is 2. The van der Waals surface area contributed by atoms with Gasteiger partial charge in [-0.05, 0) is 73.5 Å². The van der Waals surface area contributed by atoms with E-state index in [9.17, 15) is 13.2 Å². The van der Waals surface area contributed by atoms with Crippen LogP contribution in [0.3, 0.4) is 0 Å². The fraction of sp³-hybridized carbons (Fsp3) is 0.208. The Morgan fingerprint density at radius 3 is 2.12 bits per heavy atom. The summed E-state index contributed by atoms with van der Waals surface area (Å²) in [5, 5.41) is 2.69. The first-order valence-corrected chi connectivity index (χ1v) is 11.5. The van der Waals surface area contributed by atoms with E-state index in [2.05, 4.69) is 10.0 Å². The summed E-state index contributed by atoms with van der Waals surface area (Å²) < 4.78 is 44.0. The summed E-state index contributed by atoms with van der Waals surface area (Å²) in [7, 11) is -0.962. The van der Waals surface area contributed by atoms with E-state index in [-0.39, 0.29) is 23.1 Å². The standard InChI is InChI=1S/C24H26N2O6S/c1-16-11-17(2)13-20(12-16)32-15-24(27)25-18-5-8-21(9-6-18)33(28,29)26-22-14-19(30-3)7-10-23(22)31-4/h5-14,26H,15H2,1-4H3,(H,25,27). The van der Waals surface area contributed by atoms with Gasteiger partial charge in [-0.2, -0.15) is 0 Å². The van der Waals surface area contributed by atoms with Gasteiger partial charge in [0, 0.05) is 11.8 Å². The van der Waals surface area contributed by atoms with Crippen LogP contribution in [0.5, 0.6) is 17.2 Å². The zero-order chi connectivity index (χ0) is 24.0. The van der Waals surface area contributed by atoms with E-state index < -0.39 is 10.0 Å². The molecule has 3 rings (SSSR count). The molecule has 0 aliphatic rings. The van der Waals surface area contributed by atoms with Crippen LogP contribution in [0.25, 0.3) is 0 Å². The van der Waals surface area contributed by atoms with Crippen LogP contribution < -0.4 is 24.2 Å². The van der Waals surface area contributed by atoms with E-state index in [4.69, 9.17) is 14.2 Å². The minimum absolute atomic E-state index is 0.0249. The molecule has 0 spiro atoms. The van der Waals surface area contributed by atoms with Crippen molar-refractivity contribution in [1.29, 1.82) is 0 Å². The molecule has 9 heteroatoms. The van der Waals surface area contributed by atoms with Crippen LogP contribution in [0.15, 0.2) is 65.6 Å². The number of carbonyl (C=O) groups is 1. The van der Waals surface area contributed by atoms with E-state index in [0.29, 0.717) is 22.9 Å². The zero-order valence-corrected chi connectivity index (χ0v) is 19.7. The summed E-state index contributed by atoms with van der Waals surface area (Å²) in [6.45, 7) is 3.74. The summed E-state index contributed by atoms with van der Waals surface area (Å²) in [5.41, 5.74) is 2.78. The molecule has 0 aliphatic carbocycles. The largest absolute Gasteiger partial charge is 0.497 e. The number of ether oxygens (including phenoxy) is 3. The molecule has 0 saturated heterocycles. The smallest absolute Gasteiger partial charge is 0.262 e. The number of nitrogens with one attached hydrogen (secondary N) is 2. The molecule has 0 atom stereocenters. The fourth-order valence-electron chi connectivity index (χ4n) is 3.18. The van der Waals surface area contributed by atoms with Crippen molar-refractivity contribution >= 4 is 27.3 Å². The molecule has 0 radical (unpaired) electrons. The molecule has 8 nitrogen and oxygen atoms in total. The van der Waals surface area contributed by atoms with Crippen molar-refractivity contribution in [3.63, 3.8) is 0 Å². The Bertz CT molecular complexity index is 1220. The van der Waals surface area contributed by atoms with Crippen molar-refractivity contribution in [3.8, 4) is 17.2 Å². The van der Waals surface area contributed by atoms with Gasteiger partial charge in [0.1, 0.15) is 17.2 Å². The number of sulfonamides is 1. The molecule has 0 aromatic heterocycles. The SMILES string of the molecule is COc1ccc(OC)c(NS(=O)(=O)c2ccc(NC(=O)COc3cc(C)cc(C)c3)cc2)c1. The van der Waals surface area contributed by atoms with Gasteiger partial charge in [0.2, 0.25) is 0 Å². The average Bonchev–Trinajstić information content (AvgIpc) is 2.77. The molecule has 3 aromatic rings. The van der Waals surface area contributed by atoms with E-state index in [1.165, 1.54) is 44.6 Å². The van der Waals surface area contributed by atoms with Crippen LogP contribution in [0, 0.1) is 13.8 Å². The molecule has 0 aliphatic heterocycles. The lowest BCUT2D eigenvalue weighted by atomic mass is 10.1. The number of anilines is 2. The number of hydrogen-bond acceptors (Lipinski definition) is 6. The highest BCUT2D eigenvalue weighted by atomic mass is 32.2. The molecule has 0 unspecified atom stereocenters. The number of aryl methyl sites for hydroxylation is 2. The first kappa shape index (κ1) is 23.9. The van der Waals surface area contributed by atoms with E-state index in [1.807, 2.05) is 32.0 Å². The fourth-order valence-corrected chi connectivity index (χ4v) is 4.24. The van der Waals surface area contributed by atoms with Gasteiger partial charge in [0.15, 0.2) is 6.61 Å². The number of methoxy groups -OCH3 is 2. The lowest BCUT2D eigenvalue weighted by Crippen LogP contribution is -2.20. The minimum atomic E-state index is -3.89. The Balaban J connectivity index is 1.65. The Morgan fingerprint density at radius 1 is 0.848 bits per heavy atom. The molecular formula is C24H26N2O6S. The normalized spacial score (nSPS) is 10.9. The Labute approximate surface area is 193 Å². The number of amides is 1. The Kier molecular flexibility index (Phi) is 7.44. The summed E-state index contributed by atoms with van der Waals surface area (Å²) in [4.78, 5) is 12.2. The van der Waals surface area contributed by atoms with Crippen molar-refractivity contribution < 1.29 is 27.4 Å². The maximum atomic E-state index is 12.8. The summed E-state index contributed by atoms with van der Waals surface area (Å²) in [6, 6.07) is 16.3. The van der Waals surface area contributed by atoms with Gasteiger partial charge in [-0.25, -0.2) is 8.42 Å². The van der Waals surface area contributed by atoms with Gasteiger partial charge >= 0.3 is 0 Å². The van der Waals surface area contributed by atoms with Crippen LogP contribution >= 0.6 is 0 Å². The van der Waals surface area contributed by atoms with Crippen LogP contribution in [0.2, 0.25) is 0 Å². The van der Waals surface area contributed by atoms with E-state index in [1.54, 1.807) is 12.1 Å². The third kappa shape index (κ3) is 6.39. The van der Waals surface area contributed by atoms with Gasteiger partial charge in [0.25, 0.3) is 15.9 Å². The van der Waals surface area contributed by atoms with Crippen LogP contribution in [-0.2, 0) is 14.8 Å². The Morgan fingerprint density at radius 2 is 1.52 bits per heavy atom. The highest BCUT2D eigenvalue weighted by Gasteiger charge is 2.17. The summed E-state index contributed by atoms with van der Waals surface area (Å²) in [5.74, 6) is 1.09. The molecule has 2 N–H and O–H groups in total. The van der Waals surface area contributed by atoms with Crippen LogP contribution in [0.4, 0.5) is 11.4 Å². The van der Waals surface area contributed by atoms with Crippen molar-refractivity contribution in [2.75, 3.05) is 30.9 Å². The summed E-state index contributed by atoms with van der Waals surface area (Å²) >= 11 is 0. The molecule has 1 amide bonds. The molecule has 0 heterocycles. The van der Waals surface area contributed by atoms with Gasteiger partial charge < -0.3 is 19.5 Å². The first-order chi connectivity index (χ1) is 15.7. The third-order valence-electron chi connectivity index (χ3n) is 4.66. The molecular weight excluding hydrogens is 444 g/mol. The monoisotopic (exact) mass is 470 g/mol. The molecule has 0 saturated carbocycles. The lowest BCUT2D eigenvalue weighted by Gasteiger charge is -2.13. The number of rotatable bonds is 9. The van der Waals surface area contributed by atoms with Gasteiger partial charge in [-0.1, -0.05) is 6.07 Å². The second-order valence-corrected chi connectivity index (χ2v) is 9.04. The van der Waals surface area contributed by atoms with Crippen molar-refractivity contribution in [2.45, 2.75) is 18.7 Å². The van der Waals surface area contributed by atoms with Gasteiger partial charge in [0.05, 0.1) is 24.8 Å². The zero-order valence-electron chi connectivity index (χ0n) is 18.8. The number of carbonyl (C=O) groups excluding carboxylic acids is 1. The topological polar surface area (TPSA) is 103 Å². The van der Waals surface area contributed by atoms with Gasteiger partial charge in [-0.15, -0.1) is 0 Å². The molecule has 33 heavy (non-hydrogen) atoms. The summed E-state index contributed by atoms with van der Waals surface area (Å²) in [6.07, 6.45) is 0. The first-order valence-electron chi connectivity index (χ1n) is 10.1. The predicted molar refractivity (Wildman–Crippen MR) is 127 cm³/mol. The molecule has 0 bridgehead atoms. The second-order valence-electron chi connectivity index (χ2n) is 7.36. The lowest BCUT2D eigenvalue weighted by molar-refractivity contribution is -0.118. The third-order valence-corrected chi connectivity index (χ3v) is 6.05. The van der Waals surface area contributed by atoms with Gasteiger partial charge in [-0.3, -0.25) is 9.52 Å².